The van der Waals surface area contributed by atoms with Crippen LogP contribution in [0.15, 0.2) is 47.6 Å². The number of hydrogen-bond donors (Lipinski definition) is 2. The van der Waals surface area contributed by atoms with Crippen LogP contribution in [0, 0.1) is 0 Å². The molecule has 2 N–H and O–H groups in total. The highest BCUT2D eigenvalue weighted by atomic mass is 32.2. The third-order valence-corrected chi connectivity index (χ3v) is 5.99. The van der Waals surface area contributed by atoms with E-state index in [1.165, 1.54) is 13.2 Å². The molecule has 3 heterocycles. The van der Waals surface area contributed by atoms with Crippen molar-refractivity contribution >= 4 is 21.7 Å². The number of aromatic nitrogens is 2. The molecule has 0 radical (unpaired) electrons. The largest absolute Gasteiger partial charge is 0.366 e. The molecule has 1 atom stereocenters. The first-order valence-corrected chi connectivity index (χ1v) is 10.5. The minimum atomic E-state index is -3.45. The van der Waals surface area contributed by atoms with Gasteiger partial charge in [0.05, 0.1) is 0 Å². The highest BCUT2D eigenvalue weighted by Gasteiger charge is 2.19. The summed E-state index contributed by atoms with van der Waals surface area (Å²) in [6.45, 7) is 6.88. The van der Waals surface area contributed by atoms with Crippen LogP contribution in [-0.4, -0.2) is 69.1 Å². The maximum absolute atomic E-state index is 11.7. The van der Waals surface area contributed by atoms with Crippen LogP contribution in [-0.2, 0) is 10.0 Å². The molecule has 9 heteroatoms. The SMILES string of the molecule is CNS(=O)(=O)c1ccc(NC(C)CN2CCN(c3ccccn3)CC2)nc1. The maximum Gasteiger partial charge on any atom is 0.241 e. The van der Waals surface area contributed by atoms with Crippen LogP contribution in [0.1, 0.15) is 6.92 Å². The van der Waals surface area contributed by atoms with E-state index in [9.17, 15) is 8.42 Å². The molecule has 0 bridgehead atoms. The summed E-state index contributed by atoms with van der Waals surface area (Å²) in [5.74, 6) is 1.70. The molecule has 2 aromatic rings. The summed E-state index contributed by atoms with van der Waals surface area (Å²) in [5, 5.41) is 3.33. The van der Waals surface area contributed by atoms with E-state index >= 15 is 0 Å². The minimum absolute atomic E-state index is 0.161. The lowest BCUT2D eigenvalue weighted by Gasteiger charge is -2.36. The maximum atomic E-state index is 11.7. The second-order valence-corrected chi connectivity index (χ2v) is 8.49. The second kappa shape index (κ2) is 8.64. The summed E-state index contributed by atoms with van der Waals surface area (Å²) in [6, 6.07) is 9.44. The van der Waals surface area contributed by atoms with Crippen LogP contribution < -0.4 is 14.9 Å². The molecule has 0 saturated carbocycles. The summed E-state index contributed by atoms with van der Waals surface area (Å²) in [7, 11) is -2.07. The Labute approximate surface area is 160 Å². The van der Waals surface area contributed by atoms with Gasteiger partial charge in [0.2, 0.25) is 10.0 Å². The van der Waals surface area contributed by atoms with Gasteiger partial charge in [0.25, 0.3) is 0 Å². The zero-order valence-electron chi connectivity index (χ0n) is 15.7. The zero-order chi connectivity index (χ0) is 19.3. The number of nitrogens with one attached hydrogen (secondary N) is 2. The first-order valence-electron chi connectivity index (χ1n) is 9.02. The molecule has 1 aliphatic rings. The van der Waals surface area contributed by atoms with E-state index in [2.05, 4.69) is 36.7 Å². The van der Waals surface area contributed by atoms with Crippen molar-refractivity contribution in [2.45, 2.75) is 17.9 Å². The fourth-order valence-electron chi connectivity index (χ4n) is 3.13. The van der Waals surface area contributed by atoms with Crippen LogP contribution in [0.5, 0.6) is 0 Å². The molecule has 1 saturated heterocycles. The van der Waals surface area contributed by atoms with E-state index in [0.29, 0.717) is 5.82 Å². The molecule has 8 nitrogen and oxygen atoms in total. The van der Waals surface area contributed by atoms with Crippen molar-refractivity contribution in [3.63, 3.8) is 0 Å². The highest BCUT2D eigenvalue weighted by Crippen LogP contribution is 2.14. The van der Waals surface area contributed by atoms with E-state index in [1.54, 1.807) is 12.1 Å². The molecule has 1 fully saturated rings. The van der Waals surface area contributed by atoms with Gasteiger partial charge in [-0.15, -0.1) is 0 Å². The third kappa shape index (κ3) is 5.15. The predicted molar refractivity (Wildman–Crippen MR) is 106 cm³/mol. The Morgan fingerprint density at radius 1 is 1.11 bits per heavy atom. The molecule has 27 heavy (non-hydrogen) atoms. The van der Waals surface area contributed by atoms with Crippen molar-refractivity contribution < 1.29 is 8.42 Å². The fourth-order valence-corrected chi connectivity index (χ4v) is 3.80. The molecule has 0 aliphatic carbocycles. The molecule has 0 amide bonds. The second-order valence-electron chi connectivity index (χ2n) is 6.61. The van der Waals surface area contributed by atoms with Gasteiger partial charge in [-0.3, -0.25) is 4.90 Å². The van der Waals surface area contributed by atoms with Gasteiger partial charge in [-0.25, -0.2) is 23.1 Å². The van der Waals surface area contributed by atoms with E-state index in [0.717, 1.165) is 38.5 Å². The van der Waals surface area contributed by atoms with Crippen molar-refractivity contribution in [2.75, 3.05) is 50.0 Å². The van der Waals surface area contributed by atoms with Gasteiger partial charge in [-0.05, 0) is 38.2 Å². The lowest BCUT2D eigenvalue weighted by Crippen LogP contribution is -2.49. The zero-order valence-corrected chi connectivity index (χ0v) is 16.5. The van der Waals surface area contributed by atoms with E-state index in [-0.39, 0.29) is 10.9 Å². The molecular weight excluding hydrogens is 364 g/mol. The molecule has 146 valence electrons. The van der Waals surface area contributed by atoms with Crippen molar-refractivity contribution in [1.82, 2.24) is 19.6 Å². The molecule has 0 aromatic carbocycles. The van der Waals surface area contributed by atoms with Crippen molar-refractivity contribution in [3.05, 3.63) is 42.7 Å². The molecule has 1 aliphatic heterocycles. The Balaban J connectivity index is 1.48. The average molecular weight is 391 g/mol. The fraction of sp³-hybridized carbons (Fsp3) is 0.444. The summed E-state index contributed by atoms with van der Waals surface area (Å²) in [6.07, 6.45) is 3.19. The standard InChI is InChI=1S/C18H26N6O2S/c1-15(22-17-7-6-16(13-21-17)27(25,26)19-2)14-23-9-11-24(12-10-23)18-5-3-4-8-20-18/h3-8,13,15,19H,9-12,14H2,1-2H3,(H,21,22). The molecule has 3 rings (SSSR count). The normalized spacial score (nSPS) is 16.9. The van der Waals surface area contributed by atoms with Crippen molar-refractivity contribution in [2.24, 2.45) is 0 Å². The van der Waals surface area contributed by atoms with Gasteiger partial charge in [0, 0.05) is 51.2 Å². The summed E-state index contributed by atoms with van der Waals surface area (Å²) in [4.78, 5) is 13.5. The predicted octanol–water partition coefficient (Wildman–Crippen LogP) is 1.01. The number of hydrogen-bond acceptors (Lipinski definition) is 7. The quantitative estimate of drug-likeness (QED) is 0.729. The first kappa shape index (κ1) is 19.5. The van der Waals surface area contributed by atoms with Crippen molar-refractivity contribution in [1.29, 1.82) is 0 Å². The van der Waals surface area contributed by atoms with Gasteiger partial charge in [-0.1, -0.05) is 6.07 Å². The Hall–Kier alpha value is -2.23. The Morgan fingerprint density at radius 3 is 2.48 bits per heavy atom. The molecule has 1 unspecified atom stereocenters. The monoisotopic (exact) mass is 390 g/mol. The average Bonchev–Trinajstić information content (AvgIpc) is 2.69. The molecule has 2 aromatic heterocycles. The van der Waals surface area contributed by atoms with Crippen LogP contribution in [0.3, 0.4) is 0 Å². The van der Waals surface area contributed by atoms with Gasteiger partial charge >= 0.3 is 0 Å². The van der Waals surface area contributed by atoms with Crippen LogP contribution in [0.2, 0.25) is 0 Å². The van der Waals surface area contributed by atoms with Gasteiger partial charge in [0.15, 0.2) is 0 Å². The lowest BCUT2D eigenvalue weighted by atomic mass is 10.2. The van der Waals surface area contributed by atoms with E-state index in [1.807, 2.05) is 24.4 Å². The first-order chi connectivity index (χ1) is 13.0. The number of anilines is 2. The summed E-state index contributed by atoms with van der Waals surface area (Å²) < 4.78 is 25.8. The van der Waals surface area contributed by atoms with E-state index < -0.39 is 10.0 Å². The number of rotatable bonds is 7. The van der Waals surface area contributed by atoms with Crippen LogP contribution >= 0.6 is 0 Å². The summed E-state index contributed by atoms with van der Waals surface area (Å²) >= 11 is 0. The highest BCUT2D eigenvalue weighted by molar-refractivity contribution is 7.89. The topological polar surface area (TPSA) is 90.5 Å². The number of pyridine rings is 2. The smallest absolute Gasteiger partial charge is 0.241 e. The van der Waals surface area contributed by atoms with Gasteiger partial charge in [-0.2, -0.15) is 0 Å². The van der Waals surface area contributed by atoms with Gasteiger partial charge < -0.3 is 10.2 Å². The minimum Gasteiger partial charge on any atom is -0.366 e. The molecular formula is C18H26N6O2S. The Kier molecular flexibility index (Phi) is 6.25. The third-order valence-electron chi connectivity index (χ3n) is 4.59. The lowest BCUT2D eigenvalue weighted by molar-refractivity contribution is 0.250. The Bertz CT molecular complexity index is 821. The van der Waals surface area contributed by atoms with E-state index in [4.69, 9.17) is 0 Å². The van der Waals surface area contributed by atoms with Gasteiger partial charge in [0.1, 0.15) is 16.5 Å². The van der Waals surface area contributed by atoms with Crippen LogP contribution in [0.25, 0.3) is 0 Å². The molecule has 0 spiro atoms. The number of sulfonamides is 1. The summed E-state index contributed by atoms with van der Waals surface area (Å²) in [5.41, 5.74) is 0. The Morgan fingerprint density at radius 2 is 1.89 bits per heavy atom. The number of piperazine rings is 1. The van der Waals surface area contributed by atoms with Crippen LogP contribution in [0.4, 0.5) is 11.6 Å². The van der Waals surface area contributed by atoms with Crippen molar-refractivity contribution in [3.8, 4) is 0 Å². The number of nitrogens with zero attached hydrogens (tertiary/aromatic N) is 4.